The fourth-order valence-electron chi connectivity index (χ4n) is 1.88. The summed E-state index contributed by atoms with van der Waals surface area (Å²) in [6, 6.07) is 8.07. The summed E-state index contributed by atoms with van der Waals surface area (Å²) in [5.74, 6) is 0. The molecule has 0 saturated heterocycles. The number of rotatable bonds is 2. The van der Waals surface area contributed by atoms with Crippen LogP contribution in [0.15, 0.2) is 29.1 Å². The Balaban J connectivity index is 2.71. The molecule has 0 atom stereocenters. The molecule has 2 heteroatoms. The van der Waals surface area contributed by atoms with Crippen molar-refractivity contribution in [1.82, 2.24) is 4.98 Å². The topological polar surface area (TPSA) is 32.9 Å². The minimum Gasteiger partial charge on any atom is -0.321 e. The first-order valence-corrected chi connectivity index (χ1v) is 5.34. The normalized spacial score (nSPS) is 10.8. The maximum atomic E-state index is 11.7. The summed E-state index contributed by atoms with van der Waals surface area (Å²) in [5, 5.41) is 1.12. The molecule has 78 valence electrons. The number of benzene rings is 1. The molecule has 0 fully saturated rings. The highest BCUT2D eigenvalue weighted by molar-refractivity contribution is 5.81. The quantitative estimate of drug-likeness (QED) is 0.796. The Labute approximate surface area is 89.0 Å². The molecule has 1 aromatic heterocycles. The van der Waals surface area contributed by atoms with Crippen LogP contribution in [0.1, 0.15) is 24.5 Å². The van der Waals surface area contributed by atoms with Crippen molar-refractivity contribution in [3.63, 3.8) is 0 Å². The molecule has 1 heterocycles. The third kappa shape index (κ3) is 1.80. The second kappa shape index (κ2) is 3.89. The number of para-hydroxylation sites is 1. The van der Waals surface area contributed by atoms with Gasteiger partial charge in [-0.3, -0.25) is 4.79 Å². The van der Waals surface area contributed by atoms with Crippen molar-refractivity contribution >= 4 is 10.9 Å². The highest BCUT2D eigenvalue weighted by Crippen LogP contribution is 2.15. The zero-order chi connectivity index (χ0) is 10.8. The van der Waals surface area contributed by atoms with Gasteiger partial charge in [0.05, 0.1) is 5.52 Å². The van der Waals surface area contributed by atoms with Gasteiger partial charge in [-0.25, -0.2) is 0 Å². The summed E-state index contributed by atoms with van der Waals surface area (Å²) in [5.41, 5.74) is 3.02. The lowest BCUT2D eigenvalue weighted by atomic mass is 10.1. The molecule has 2 aromatic rings. The Morgan fingerprint density at radius 3 is 2.87 bits per heavy atom. The molecule has 0 radical (unpaired) electrons. The van der Waals surface area contributed by atoms with Crippen LogP contribution in [0, 0.1) is 6.92 Å². The predicted molar refractivity (Wildman–Crippen MR) is 63.3 cm³/mol. The fraction of sp³-hybridized carbons (Fsp3) is 0.308. The molecule has 2 nitrogen and oxygen atoms in total. The molecule has 0 unspecified atom stereocenters. The lowest BCUT2D eigenvalue weighted by Gasteiger charge is -2.04. The largest absolute Gasteiger partial charge is 0.321 e. The fourth-order valence-corrected chi connectivity index (χ4v) is 1.88. The van der Waals surface area contributed by atoms with E-state index in [0.717, 1.165) is 34.9 Å². The molecule has 0 aliphatic heterocycles. The van der Waals surface area contributed by atoms with Gasteiger partial charge in [0.1, 0.15) is 0 Å². The molecule has 0 aliphatic carbocycles. The molecule has 1 N–H and O–H groups in total. The molecule has 0 spiro atoms. The monoisotopic (exact) mass is 201 g/mol. The lowest BCUT2D eigenvalue weighted by molar-refractivity contribution is 0.905. The molecular weight excluding hydrogens is 186 g/mol. The number of aromatic nitrogens is 1. The number of H-pyrrole nitrogens is 1. The summed E-state index contributed by atoms with van der Waals surface area (Å²) in [7, 11) is 0. The Morgan fingerprint density at radius 2 is 2.13 bits per heavy atom. The number of hydrogen-bond donors (Lipinski definition) is 1. The van der Waals surface area contributed by atoms with Gasteiger partial charge < -0.3 is 4.98 Å². The maximum absolute atomic E-state index is 11.7. The van der Waals surface area contributed by atoms with Gasteiger partial charge in [-0.05, 0) is 30.4 Å². The molecular formula is C13H15NO. The van der Waals surface area contributed by atoms with E-state index in [1.807, 2.05) is 31.2 Å². The van der Waals surface area contributed by atoms with E-state index in [1.165, 1.54) is 0 Å². The minimum absolute atomic E-state index is 0.0543. The summed E-state index contributed by atoms with van der Waals surface area (Å²) in [6.07, 6.45) is 1.85. The first kappa shape index (κ1) is 9.97. The molecule has 0 amide bonds. The third-order valence-corrected chi connectivity index (χ3v) is 2.68. The predicted octanol–water partition coefficient (Wildman–Crippen LogP) is 2.79. The van der Waals surface area contributed by atoms with Crippen molar-refractivity contribution in [3.8, 4) is 0 Å². The summed E-state index contributed by atoms with van der Waals surface area (Å²) in [4.78, 5) is 14.7. The van der Waals surface area contributed by atoms with E-state index in [-0.39, 0.29) is 5.56 Å². The van der Waals surface area contributed by atoms with Crippen LogP contribution < -0.4 is 5.56 Å². The Kier molecular flexibility index (Phi) is 2.58. The number of hydrogen-bond acceptors (Lipinski definition) is 1. The van der Waals surface area contributed by atoms with Gasteiger partial charge in [-0.2, -0.15) is 0 Å². The Morgan fingerprint density at radius 1 is 1.33 bits per heavy atom. The van der Waals surface area contributed by atoms with Crippen molar-refractivity contribution in [2.75, 3.05) is 0 Å². The minimum atomic E-state index is 0.0543. The Bertz CT molecular complexity index is 540. The molecule has 0 aliphatic rings. The van der Waals surface area contributed by atoms with Gasteiger partial charge in [0, 0.05) is 5.56 Å². The molecule has 15 heavy (non-hydrogen) atoms. The van der Waals surface area contributed by atoms with E-state index in [0.29, 0.717) is 0 Å². The third-order valence-electron chi connectivity index (χ3n) is 2.68. The van der Waals surface area contributed by atoms with Crippen LogP contribution in [-0.4, -0.2) is 4.98 Å². The van der Waals surface area contributed by atoms with E-state index in [2.05, 4.69) is 11.9 Å². The molecule has 1 aromatic carbocycles. The maximum Gasteiger partial charge on any atom is 0.251 e. The van der Waals surface area contributed by atoms with Crippen LogP contribution in [0.4, 0.5) is 0 Å². The second-order valence-corrected chi connectivity index (χ2v) is 3.91. The highest BCUT2D eigenvalue weighted by atomic mass is 16.1. The van der Waals surface area contributed by atoms with E-state index in [9.17, 15) is 4.79 Å². The SMILES string of the molecule is CCCc1cc2cccc(C)c2[nH]c1=O. The average Bonchev–Trinajstić information content (AvgIpc) is 2.21. The smallest absolute Gasteiger partial charge is 0.251 e. The van der Waals surface area contributed by atoms with Crippen LogP contribution in [-0.2, 0) is 6.42 Å². The van der Waals surface area contributed by atoms with Crippen LogP contribution in [0.2, 0.25) is 0 Å². The Hall–Kier alpha value is -1.57. The van der Waals surface area contributed by atoms with Crippen molar-refractivity contribution in [1.29, 1.82) is 0 Å². The van der Waals surface area contributed by atoms with Gasteiger partial charge in [0.25, 0.3) is 5.56 Å². The second-order valence-electron chi connectivity index (χ2n) is 3.91. The number of nitrogens with one attached hydrogen (secondary N) is 1. The van der Waals surface area contributed by atoms with Crippen LogP contribution >= 0.6 is 0 Å². The van der Waals surface area contributed by atoms with E-state index in [1.54, 1.807) is 0 Å². The standard InChI is InChI=1S/C13H15NO/c1-3-5-11-8-10-7-4-6-9(2)12(10)14-13(11)15/h4,6-8H,3,5H2,1-2H3,(H,14,15). The summed E-state index contributed by atoms with van der Waals surface area (Å²) >= 11 is 0. The van der Waals surface area contributed by atoms with Gasteiger partial charge in [-0.15, -0.1) is 0 Å². The van der Waals surface area contributed by atoms with Crippen molar-refractivity contribution in [3.05, 3.63) is 45.7 Å². The van der Waals surface area contributed by atoms with Gasteiger partial charge in [-0.1, -0.05) is 31.5 Å². The first-order chi connectivity index (χ1) is 7.22. The van der Waals surface area contributed by atoms with E-state index >= 15 is 0 Å². The number of fused-ring (bicyclic) bond motifs is 1. The number of aromatic amines is 1. The first-order valence-electron chi connectivity index (χ1n) is 5.34. The molecule has 0 bridgehead atoms. The lowest BCUT2D eigenvalue weighted by Crippen LogP contribution is -2.12. The number of aryl methyl sites for hydroxylation is 2. The summed E-state index contributed by atoms with van der Waals surface area (Å²) < 4.78 is 0. The zero-order valence-corrected chi connectivity index (χ0v) is 9.13. The van der Waals surface area contributed by atoms with Crippen molar-refractivity contribution in [2.45, 2.75) is 26.7 Å². The number of pyridine rings is 1. The van der Waals surface area contributed by atoms with E-state index in [4.69, 9.17) is 0 Å². The molecule has 2 rings (SSSR count). The van der Waals surface area contributed by atoms with Gasteiger partial charge in [0.15, 0.2) is 0 Å². The van der Waals surface area contributed by atoms with Crippen molar-refractivity contribution < 1.29 is 0 Å². The van der Waals surface area contributed by atoms with Crippen LogP contribution in [0.25, 0.3) is 10.9 Å². The van der Waals surface area contributed by atoms with Crippen LogP contribution in [0.3, 0.4) is 0 Å². The molecule has 0 saturated carbocycles. The zero-order valence-electron chi connectivity index (χ0n) is 9.13. The van der Waals surface area contributed by atoms with Gasteiger partial charge >= 0.3 is 0 Å². The average molecular weight is 201 g/mol. The van der Waals surface area contributed by atoms with Crippen LogP contribution in [0.5, 0.6) is 0 Å². The van der Waals surface area contributed by atoms with Crippen molar-refractivity contribution in [2.24, 2.45) is 0 Å². The van der Waals surface area contributed by atoms with Gasteiger partial charge in [0.2, 0.25) is 0 Å². The highest BCUT2D eigenvalue weighted by Gasteiger charge is 2.02. The van der Waals surface area contributed by atoms with E-state index < -0.39 is 0 Å². The summed E-state index contributed by atoms with van der Waals surface area (Å²) in [6.45, 7) is 4.09.